The Morgan fingerprint density at radius 3 is 2.94 bits per heavy atom. The van der Waals surface area contributed by atoms with Crippen LogP contribution in [0.15, 0.2) is 33.0 Å². The normalized spacial score (nSPS) is 10.8. The van der Waals surface area contributed by atoms with Gasteiger partial charge in [0, 0.05) is 11.9 Å². The van der Waals surface area contributed by atoms with Gasteiger partial charge in [0.05, 0.1) is 6.61 Å². The maximum atomic E-state index is 13.0. The van der Waals surface area contributed by atoms with Gasteiger partial charge < -0.3 is 5.11 Å². The standard InChI is InChI=1S/C10H10FN3O2S/c1-14-9(16)12-13-10(14)17-8-3-2-7(11)4-6(8)5-15/h2-4,15H,5H2,1H3,(H,12,16). The van der Waals surface area contributed by atoms with Crippen molar-refractivity contribution in [2.24, 2.45) is 7.05 Å². The van der Waals surface area contributed by atoms with Crippen LogP contribution in [0.25, 0.3) is 0 Å². The molecule has 0 aliphatic heterocycles. The van der Waals surface area contributed by atoms with E-state index < -0.39 is 5.82 Å². The minimum Gasteiger partial charge on any atom is -0.392 e. The fourth-order valence-electron chi connectivity index (χ4n) is 1.29. The number of aliphatic hydroxyl groups excluding tert-OH is 1. The van der Waals surface area contributed by atoms with Crippen molar-refractivity contribution >= 4 is 11.8 Å². The molecule has 1 aromatic carbocycles. The lowest BCUT2D eigenvalue weighted by atomic mass is 10.2. The summed E-state index contributed by atoms with van der Waals surface area (Å²) in [5.74, 6) is -0.408. The molecule has 90 valence electrons. The third-order valence-corrected chi connectivity index (χ3v) is 3.40. The summed E-state index contributed by atoms with van der Waals surface area (Å²) in [6.45, 7) is -0.265. The number of rotatable bonds is 3. The van der Waals surface area contributed by atoms with E-state index in [-0.39, 0.29) is 12.3 Å². The van der Waals surface area contributed by atoms with Crippen molar-refractivity contribution in [2.75, 3.05) is 0 Å². The number of H-pyrrole nitrogens is 1. The van der Waals surface area contributed by atoms with Crippen LogP contribution >= 0.6 is 11.8 Å². The number of nitrogens with zero attached hydrogens (tertiary/aromatic N) is 2. The third-order valence-electron chi connectivity index (χ3n) is 2.23. The largest absolute Gasteiger partial charge is 0.392 e. The first-order valence-corrected chi connectivity index (χ1v) is 5.62. The number of hydrogen-bond acceptors (Lipinski definition) is 4. The molecule has 0 radical (unpaired) electrons. The zero-order chi connectivity index (χ0) is 12.4. The lowest BCUT2D eigenvalue weighted by Crippen LogP contribution is -2.12. The smallest absolute Gasteiger partial charge is 0.343 e. The zero-order valence-electron chi connectivity index (χ0n) is 8.98. The number of aromatic nitrogens is 3. The van der Waals surface area contributed by atoms with Crippen LogP contribution in [-0.2, 0) is 13.7 Å². The van der Waals surface area contributed by atoms with E-state index in [9.17, 15) is 9.18 Å². The Bertz CT molecular complexity index is 593. The molecule has 0 saturated carbocycles. The lowest BCUT2D eigenvalue weighted by Gasteiger charge is -2.05. The molecule has 0 aliphatic carbocycles. The third kappa shape index (κ3) is 2.40. The molecule has 2 rings (SSSR count). The molecule has 0 amide bonds. The first-order chi connectivity index (χ1) is 8.11. The highest BCUT2D eigenvalue weighted by molar-refractivity contribution is 7.99. The molecular weight excluding hydrogens is 245 g/mol. The minimum atomic E-state index is -0.408. The van der Waals surface area contributed by atoms with Gasteiger partial charge in [-0.1, -0.05) is 0 Å². The fraction of sp³-hybridized carbons (Fsp3) is 0.200. The van der Waals surface area contributed by atoms with E-state index in [0.717, 1.165) is 0 Å². The molecule has 0 atom stereocenters. The van der Waals surface area contributed by atoms with Crippen LogP contribution in [0.3, 0.4) is 0 Å². The predicted octanol–water partition coefficient (Wildman–Crippen LogP) is 0.891. The lowest BCUT2D eigenvalue weighted by molar-refractivity contribution is 0.278. The van der Waals surface area contributed by atoms with Gasteiger partial charge in [-0.3, -0.25) is 4.57 Å². The zero-order valence-corrected chi connectivity index (χ0v) is 9.79. The van der Waals surface area contributed by atoms with Crippen molar-refractivity contribution in [1.29, 1.82) is 0 Å². The van der Waals surface area contributed by atoms with Crippen molar-refractivity contribution in [1.82, 2.24) is 14.8 Å². The Kier molecular flexibility index (Phi) is 3.30. The van der Waals surface area contributed by atoms with Crippen LogP contribution < -0.4 is 5.69 Å². The second kappa shape index (κ2) is 4.72. The van der Waals surface area contributed by atoms with Gasteiger partial charge in [0.15, 0.2) is 5.16 Å². The van der Waals surface area contributed by atoms with Crippen LogP contribution in [0.5, 0.6) is 0 Å². The number of benzene rings is 1. The minimum absolute atomic E-state index is 0.265. The molecule has 0 fully saturated rings. The summed E-state index contributed by atoms with van der Waals surface area (Å²) in [7, 11) is 1.58. The summed E-state index contributed by atoms with van der Waals surface area (Å²) < 4.78 is 14.3. The number of aromatic amines is 1. The second-order valence-corrected chi connectivity index (χ2v) is 4.39. The van der Waals surface area contributed by atoms with Crippen LogP contribution in [0.1, 0.15) is 5.56 Å². The van der Waals surface area contributed by atoms with Gasteiger partial charge in [-0.05, 0) is 35.5 Å². The summed E-state index contributed by atoms with van der Waals surface area (Å²) in [4.78, 5) is 11.8. The van der Waals surface area contributed by atoms with E-state index in [0.29, 0.717) is 15.6 Å². The van der Waals surface area contributed by atoms with Gasteiger partial charge in [-0.25, -0.2) is 14.3 Å². The number of hydrogen-bond donors (Lipinski definition) is 2. The first kappa shape index (κ1) is 11.9. The van der Waals surface area contributed by atoms with E-state index in [1.54, 1.807) is 13.1 Å². The molecule has 2 aromatic rings. The van der Waals surface area contributed by atoms with E-state index in [1.807, 2.05) is 0 Å². The van der Waals surface area contributed by atoms with Gasteiger partial charge in [0.25, 0.3) is 0 Å². The van der Waals surface area contributed by atoms with Crippen molar-refractivity contribution in [2.45, 2.75) is 16.7 Å². The highest BCUT2D eigenvalue weighted by Gasteiger charge is 2.10. The molecule has 0 spiro atoms. The number of aliphatic hydroxyl groups is 1. The summed E-state index contributed by atoms with van der Waals surface area (Å²) in [6.07, 6.45) is 0. The molecule has 1 heterocycles. The molecule has 0 unspecified atom stereocenters. The van der Waals surface area contributed by atoms with Crippen molar-refractivity contribution in [3.63, 3.8) is 0 Å². The van der Waals surface area contributed by atoms with Gasteiger partial charge >= 0.3 is 5.69 Å². The molecular formula is C10H10FN3O2S. The van der Waals surface area contributed by atoms with Crippen molar-refractivity contribution in [3.8, 4) is 0 Å². The van der Waals surface area contributed by atoms with Gasteiger partial charge in [0.1, 0.15) is 5.82 Å². The number of halogens is 1. The molecule has 7 heteroatoms. The van der Waals surface area contributed by atoms with E-state index >= 15 is 0 Å². The van der Waals surface area contributed by atoms with Crippen molar-refractivity contribution in [3.05, 3.63) is 40.1 Å². The molecule has 1 aromatic heterocycles. The van der Waals surface area contributed by atoms with E-state index in [4.69, 9.17) is 5.11 Å². The SMILES string of the molecule is Cn1c(Sc2ccc(F)cc2CO)n[nH]c1=O. The fourth-order valence-corrected chi connectivity index (χ4v) is 2.19. The summed E-state index contributed by atoms with van der Waals surface area (Å²) >= 11 is 1.19. The maximum Gasteiger partial charge on any atom is 0.343 e. The molecule has 5 nitrogen and oxygen atoms in total. The molecule has 0 aliphatic rings. The van der Waals surface area contributed by atoms with Gasteiger partial charge in [-0.15, -0.1) is 5.10 Å². The second-order valence-electron chi connectivity index (χ2n) is 3.38. The van der Waals surface area contributed by atoms with Crippen LogP contribution in [0.2, 0.25) is 0 Å². The van der Waals surface area contributed by atoms with Crippen LogP contribution in [0, 0.1) is 5.82 Å². The Balaban J connectivity index is 2.36. The highest BCUT2D eigenvalue weighted by Crippen LogP contribution is 2.28. The molecule has 2 N–H and O–H groups in total. The van der Waals surface area contributed by atoms with E-state index in [2.05, 4.69) is 10.2 Å². The Labute approximate surface area is 100 Å². The Hall–Kier alpha value is -1.60. The van der Waals surface area contributed by atoms with Crippen LogP contribution in [-0.4, -0.2) is 19.9 Å². The quantitative estimate of drug-likeness (QED) is 0.854. The van der Waals surface area contributed by atoms with E-state index in [1.165, 1.54) is 28.5 Å². The summed E-state index contributed by atoms with van der Waals surface area (Å²) in [6, 6.07) is 4.10. The summed E-state index contributed by atoms with van der Waals surface area (Å²) in [5, 5.41) is 15.7. The van der Waals surface area contributed by atoms with Crippen LogP contribution in [0.4, 0.5) is 4.39 Å². The maximum absolute atomic E-state index is 13.0. The highest BCUT2D eigenvalue weighted by atomic mass is 32.2. The molecule has 17 heavy (non-hydrogen) atoms. The number of nitrogens with one attached hydrogen (secondary N) is 1. The predicted molar refractivity (Wildman–Crippen MR) is 60.3 cm³/mol. The molecule has 0 bridgehead atoms. The summed E-state index contributed by atoms with van der Waals surface area (Å²) in [5.41, 5.74) is 0.144. The average molecular weight is 255 g/mol. The Morgan fingerprint density at radius 1 is 1.59 bits per heavy atom. The topological polar surface area (TPSA) is 70.9 Å². The van der Waals surface area contributed by atoms with Gasteiger partial charge in [-0.2, -0.15) is 0 Å². The average Bonchev–Trinajstić information content (AvgIpc) is 2.63. The first-order valence-electron chi connectivity index (χ1n) is 4.80. The Morgan fingerprint density at radius 2 is 2.35 bits per heavy atom. The molecule has 0 saturated heterocycles. The van der Waals surface area contributed by atoms with Gasteiger partial charge in [0.2, 0.25) is 0 Å². The monoisotopic (exact) mass is 255 g/mol. The van der Waals surface area contributed by atoms with Crippen molar-refractivity contribution < 1.29 is 9.50 Å².